The molecule has 120 valence electrons. The average Bonchev–Trinajstić information content (AvgIpc) is 2.76. The van der Waals surface area contributed by atoms with Crippen LogP contribution in [0.1, 0.15) is 41.0 Å². The van der Waals surface area contributed by atoms with Gasteiger partial charge in [0.05, 0.1) is 0 Å². The van der Waals surface area contributed by atoms with E-state index in [9.17, 15) is 0 Å². The number of hydrogen-bond donors (Lipinski definition) is 0. The van der Waals surface area contributed by atoms with Crippen molar-refractivity contribution in [3.8, 4) is 11.1 Å². The maximum atomic E-state index is 2.50. The first-order valence-electron chi connectivity index (χ1n) is 9.37. The lowest BCUT2D eigenvalue weighted by Crippen LogP contribution is -2.17. The van der Waals surface area contributed by atoms with E-state index in [-0.39, 0.29) is 0 Å². The highest BCUT2D eigenvalue weighted by molar-refractivity contribution is 6.05. The number of aryl methyl sites for hydroxylation is 1. The van der Waals surface area contributed by atoms with Gasteiger partial charge in [0.25, 0.3) is 0 Å². The number of fused-ring (bicyclic) bond motifs is 4. The summed E-state index contributed by atoms with van der Waals surface area (Å²) in [6, 6.07) is 13.8. The van der Waals surface area contributed by atoms with E-state index in [1.807, 2.05) is 0 Å². The van der Waals surface area contributed by atoms with Crippen molar-refractivity contribution in [3.05, 3.63) is 94.6 Å². The minimum atomic E-state index is 0.460. The second-order valence-electron chi connectivity index (χ2n) is 7.64. The minimum absolute atomic E-state index is 0.460. The third-order valence-electron chi connectivity index (χ3n) is 6.42. The van der Waals surface area contributed by atoms with Gasteiger partial charge in [-0.05, 0) is 69.9 Å². The van der Waals surface area contributed by atoms with Gasteiger partial charge in [0, 0.05) is 11.8 Å². The van der Waals surface area contributed by atoms with Crippen LogP contribution in [0.3, 0.4) is 0 Å². The van der Waals surface area contributed by atoms with Crippen molar-refractivity contribution in [2.45, 2.75) is 25.7 Å². The fourth-order valence-electron chi connectivity index (χ4n) is 5.47. The summed E-state index contributed by atoms with van der Waals surface area (Å²) in [6.45, 7) is 2.27. The van der Waals surface area contributed by atoms with Crippen LogP contribution in [0, 0.1) is 12.8 Å². The SMILES string of the molecule is Cc1cccc2c1-c1c3cccc1[C@@H]1C=CC=CC1C1=C3CCC=C12. The Bertz CT molecular complexity index is 1060. The van der Waals surface area contributed by atoms with Crippen molar-refractivity contribution in [2.24, 2.45) is 5.92 Å². The maximum absolute atomic E-state index is 2.50. The van der Waals surface area contributed by atoms with Crippen molar-refractivity contribution >= 4 is 11.1 Å². The van der Waals surface area contributed by atoms with Gasteiger partial charge in [0.1, 0.15) is 0 Å². The molecule has 6 bridgehead atoms. The van der Waals surface area contributed by atoms with Crippen molar-refractivity contribution in [2.75, 3.05) is 0 Å². The molecule has 0 heterocycles. The van der Waals surface area contributed by atoms with E-state index < -0.39 is 0 Å². The first kappa shape index (κ1) is 13.7. The van der Waals surface area contributed by atoms with Crippen LogP contribution in [0.4, 0.5) is 0 Å². The molecule has 0 N–H and O–H groups in total. The molecule has 0 amide bonds. The molecule has 25 heavy (non-hydrogen) atoms. The van der Waals surface area contributed by atoms with Crippen molar-refractivity contribution in [1.29, 1.82) is 0 Å². The van der Waals surface area contributed by atoms with E-state index in [1.54, 1.807) is 11.1 Å². The smallest absolute Gasteiger partial charge is 0.0134 e. The van der Waals surface area contributed by atoms with Crippen molar-refractivity contribution < 1.29 is 0 Å². The Hall–Kier alpha value is -2.60. The molecule has 0 heteroatoms. The summed E-state index contributed by atoms with van der Waals surface area (Å²) in [5.74, 6) is 0.931. The highest BCUT2D eigenvalue weighted by atomic mass is 14.4. The normalized spacial score (nSPS) is 24.4. The Labute approximate surface area is 148 Å². The molecular formula is C25H20. The second-order valence-corrected chi connectivity index (χ2v) is 7.64. The molecular weight excluding hydrogens is 300 g/mol. The third kappa shape index (κ3) is 1.63. The van der Waals surface area contributed by atoms with Crippen LogP contribution in [-0.4, -0.2) is 0 Å². The van der Waals surface area contributed by atoms with Crippen LogP contribution in [-0.2, 0) is 0 Å². The number of hydrogen-bond acceptors (Lipinski definition) is 0. The molecule has 4 aliphatic carbocycles. The third-order valence-corrected chi connectivity index (χ3v) is 6.42. The molecule has 0 fully saturated rings. The van der Waals surface area contributed by atoms with Gasteiger partial charge >= 0.3 is 0 Å². The fraction of sp³-hybridized carbons (Fsp3) is 0.200. The molecule has 2 aromatic carbocycles. The van der Waals surface area contributed by atoms with Gasteiger partial charge in [-0.25, -0.2) is 0 Å². The van der Waals surface area contributed by atoms with Crippen molar-refractivity contribution in [1.82, 2.24) is 0 Å². The Morgan fingerprint density at radius 1 is 0.840 bits per heavy atom. The zero-order valence-electron chi connectivity index (χ0n) is 14.4. The topological polar surface area (TPSA) is 0 Å². The van der Waals surface area contributed by atoms with Crippen LogP contribution in [0.2, 0.25) is 0 Å². The number of benzene rings is 2. The summed E-state index contributed by atoms with van der Waals surface area (Å²) in [7, 11) is 0. The Morgan fingerprint density at radius 2 is 1.64 bits per heavy atom. The monoisotopic (exact) mass is 320 g/mol. The van der Waals surface area contributed by atoms with Crippen LogP contribution in [0.15, 0.2) is 72.4 Å². The molecule has 4 aliphatic rings. The highest BCUT2D eigenvalue weighted by Gasteiger charge is 2.39. The van der Waals surface area contributed by atoms with Gasteiger partial charge in [-0.2, -0.15) is 0 Å². The molecule has 0 radical (unpaired) electrons. The van der Waals surface area contributed by atoms with Gasteiger partial charge in [-0.15, -0.1) is 0 Å². The van der Waals surface area contributed by atoms with Gasteiger partial charge < -0.3 is 0 Å². The summed E-state index contributed by atoms with van der Waals surface area (Å²) in [5.41, 5.74) is 13.5. The minimum Gasteiger partial charge on any atom is -0.0761 e. The summed E-state index contributed by atoms with van der Waals surface area (Å²) in [4.78, 5) is 0. The second kappa shape index (κ2) is 4.73. The van der Waals surface area contributed by atoms with Crippen LogP contribution >= 0.6 is 0 Å². The molecule has 0 aromatic heterocycles. The summed E-state index contributed by atoms with van der Waals surface area (Å²) >= 11 is 0. The Morgan fingerprint density at radius 3 is 2.56 bits per heavy atom. The fourth-order valence-corrected chi connectivity index (χ4v) is 5.47. The zero-order chi connectivity index (χ0) is 16.5. The van der Waals surface area contributed by atoms with E-state index >= 15 is 0 Å². The molecule has 6 rings (SSSR count). The van der Waals surface area contributed by atoms with Gasteiger partial charge in [0.15, 0.2) is 0 Å². The molecule has 2 aromatic rings. The van der Waals surface area contributed by atoms with Crippen molar-refractivity contribution in [3.63, 3.8) is 0 Å². The lowest BCUT2D eigenvalue weighted by Gasteiger charge is -2.33. The van der Waals surface area contributed by atoms with E-state index in [4.69, 9.17) is 0 Å². The first-order chi connectivity index (χ1) is 12.3. The van der Waals surface area contributed by atoms with E-state index in [2.05, 4.69) is 73.7 Å². The van der Waals surface area contributed by atoms with Gasteiger partial charge in [-0.3, -0.25) is 0 Å². The Balaban J connectivity index is 1.87. The summed E-state index contributed by atoms with van der Waals surface area (Å²) in [5, 5.41) is 0. The van der Waals surface area contributed by atoms with E-state index in [0.29, 0.717) is 11.8 Å². The molecule has 0 saturated carbocycles. The van der Waals surface area contributed by atoms with E-state index in [1.165, 1.54) is 45.4 Å². The maximum Gasteiger partial charge on any atom is 0.0134 e. The molecule has 0 saturated heterocycles. The average molecular weight is 320 g/mol. The summed E-state index contributed by atoms with van der Waals surface area (Å²) in [6.07, 6.45) is 14.1. The van der Waals surface area contributed by atoms with Gasteiger partial charge in [0.2, 0.25) is 0 Å². The lowest BCUT2D eigenvalue weighted by molar-refractivity contribution is 0.679. The molecule has 0 aliphatic heterocycles. The predicted octanol–water partition coefficient (Wildman–Crippen LogP) is 6.45. The van der Waals surface area contributed by atoms with Crippen LogP contribution in [0.25, 0.3) is 22.3 Å². The highest BCUT2D eigenvalue weighted by Crippen LogP contribution is 2.58. The molecule has 2 atom stereocenters. The van der Waals surface area contributed by atoms with Crippen LogP contribution < -0.4 is 0 Å². The Kier molecular flexibility index (Phi) is 2.58. The quantitative estimate of drug-likeness (QED) is 0.523. The molecule has 0 nitrogen and oxygen atoms in total. The predicted molar refractivity (Wildman–Crippen MR) is 105 cm³/mol. The van der Waals surface area contributed by atoms with E-state index in [0.717, 1.165) is 6.42 Å². The largest absolute Gasteiger partial charge is 0.0761 e. The molecule has 0 spiro atoms. The molecule has 1 unspecified atom stereocenters. The standard InChI is InChI=1S/C25H20/c1-15-7-4-10-19-20-12-6-13-21-22-14-5-11-18(25(22)23(15)19)16-8-2-3-9-17(16)24(20)21/h2-5,7-12,14,16-17H,6,13H2,1H3/t16-,17?/m1/s1. The lowest BCUT2D eigenvalue weighted by atomic mass is 9.70. The number of allylic oxidation sites excluding steroid dienone is 8. The van der Waals surface area contributed by atoms with Crippen LogP contribution in [0.5, 0.6) is 0 Å². The first-order valence-corrected chi connectivity index (χ1v) is 9.37. The van der Waals surface area contributed by atoms with Gasteiger partial charge in [-0.1, -0.05) is 66.8 Å². The summed E-state index contributed by atoms with van der Waals surface area (Å²) < 4.78 is 0. The zero-order valence-corrected chi connectivity index (χ0v) is 14.4. The number of rotatable bonds is 0.